The third kappa shape index (κ3) is 6.34. The van der Waals surface area contributed by atoms with Crippen LogP contribution in [0, 0.1) is 13.8 Å². The SMILES string of the molecule is CCn1c(CSc2ccc(C)cc2)nnc1SCC(=O)NS(=O)(=O)c1ccc(C)cc1. The van der Waals surface area contributed by atoms with E-state index in [0.29, 0.717) is 17.5 Å². The first-order valence-corrected chi connectivity index (χ1v) is 13.1. The van der Waals surface area contributed by atoms with Gasteiger partial charge in [0.15, 0.2) is 5.16 Å². The van der Waals surface area contributed by atoms with Gasteiger partial charge in [-0.25, -0.2) is 13.1 Å². The maximum absolute atomic E-state index is 12.4. The molecule has 0 spiro atoms. The van der Waals surface area contributed by atoms with Gasteiger partial charge in [0.2, 0.25) is 5.91 Å². The molecule has 0 aliphatic rings. The molecule has 0 radical (unpaired) electrons. The molecule has 31 heavy (non-hydrogen) atoms. The highest BCUT2D eigenvalue weighted by molar-refractivity contribution is 8.00. The third-order valence-corrected chi connectivity index (χ3v) is 7.77. The molecular weight excluding hydrogens is 452 g/mol. The second-order valence-electron chi connectivity index (χ2n) is 6.88. The van der Waals surface area contributed by atoms with Gasteiger partial charge in [0.1, 0.15) is 5.82 Å². The number of thioether (sulfide) groups is 2. The minimum Gasteiger partial charge on any atom is -0.306 e. The predicted molar refractivity (Wildman–Crippen MR) is 124 cm³/mol. The van der Waals surface area contributed by atoms with Crippen molar-refractivity contribution in [1.29, 1.82) is 0 Å². The highest BCUT2D eigenvalue weighted by atomic mass is 32.2. The molecule has 1 amide bonds. The number of carbonyl (C=O) groups excluding carboxylic acids is 1. The monoisotopic (exact) mass is 476 g/mol. The van der Waals surface area contributed by atoms with E-state index >= 15 is 0 Å². The summed E-state index contributed by atoms with van der Waals surface area (Å²) in [7, 11) is -3.89. The number of hydrogen-bond donors (Lipinski definition) is 1. The van der Waals surface area contributed by atoms with Gasteiger partial charge in [-0.2, -0.15) is 0 Å². The summed E-state index contributed by atoms with van der Waals surface area (Å²) in [5, 5.41) is 9.02. The quantitative estimate of drug-likeness (QED) is 0.469. The fraction of sp³-hybridized carbons (Fsp3) is 0.286. The van der Waals surface area contributed by atoms with E-state index in [1.54, 1.807) is 23.9 Å². The zero-order chi connectivity index (χ0) is 22.4. The maximum Gasteiger partial charge on any atom is 0.264 e. The van der Waals surface area contributed by atoms with Gasteiger partial charge in [0.25, 0.3) is 10.0 Å². The van der Waals surface area contributed by atoms with Gasteiger partial charge in [0.05, 0.1) is 16.4 Å². The summed E-state index contributed by atoms with van der Waals surface area (Å²) in [6.45, 7) is 6.55. The molecule has 0 aliphatic carbocycles. The molecule has 0 saturated heterocycles. The lowest BCUT2D eigenvalue weighted by Gasteiger charge is -2.09. The molecular formula is C21H24N4O3S3. The first kappa shape index (κ1) is 23.4. The van der Waals surface area contributed by atoms with Crippen LogP contribution >= 0.6 is 23.5 Å². The number of aryl methyl sites for hydroxylation is 2. The Morgan fingerprint density at radius 1 is 0.968 bits per heavy atom. The smallest absolute Gasteiger partial charge is 0.264 e. The Labute approximate surface area is 191 Å². The Bertz CT molecular complexity index is 1140. The van der Waals surface area contributed by atoms with Crippen LogP contribution in [-0.4, -0.2) is 34.8 Å². The number of nitrogens with one attached hydrogen (secondary N) is 1. The predicted octanol–water partition coefficient (Wildman–Crippen LogP) is 3.80. The van der Waals surface area contributed by atoms with Crippen LogP contribution in [0.5, 0.6) is 0 Å². The molecule has 0 fully saturated rings. The molecule has 3 rings (SSSR count). The average Bonchev–Trinajstić information content (AvgIpc) is 3.13. The molecule has 2 aromatic carbocycles. The third-order valence-electron chi connectivity index (χ3n) is 4.41. The van der Waals surface area contributed by atoms with E-state index in [0.717, 1.165) is 16.3 Å². The average molecular weight is 477 g/mol. The minimum atomic E-state index is -3.89. The summed E-state index contributed by atoms with van der Waals surface area (Å²) in [6, 6.07) is 14.6. The van der Waals surface area contributed by atoms with E-state index in [4.69, 9.17) is 0 Å². The second kappa shape index (κ2) is 10.3. The van der Waals surface area contributed by atoms with Gasteiger partial charge in [-0.15, -0.1) is 22.0 Å². The number of nitrogens with zero attached hydrogens (tertiary/aromatic N) is 3. The first-order chi connectivity index (χ1) is 14.8. The van der Waals surface area contributed by atoms with Gasteiger partial charge in [-0.05, 0) is 45.0 Å². The van der Waals surface area contributed by atoms with E-state index in [1.165, 1.54) is 29.5 Å². The standard InChI is InChI=1S/C21H24N4O3S3/c1-4-25-19(13-29-17-9-5-15(2)6-10-17)22-23-21(25)30-14-20(26)24-31(27,28)18-11-7-16(3)8-12-18/h5-12H,4,13-14H2,1-3H3,(H,24,26). The Morgan fingerprint density at radius 2 is 1.58 bits per heavy atom. The summed E-state index contributed by atoms with van der Waals surface area (Å²) in [5.41, 5.74) is 2.15. The van der Waals surface area contributed by atoms with Gasteiger partial charge in [0, 0.05) is 11.4 Å². The van der Waals surface area contributed by atoms with Crippen molar-refractivity contribution in [1.82, 2.24) is 19.5 Å². The summed E-state index contributed by atoms with van der Waals surface area (Å²) in [5.74, 6) is 0.780. The number of aromatic nitrogens is 3. The van der Waals surface area contributed by atoms with Crippen molar-refractivity contribution in [2.24, 2.45) is 0 Å². The van der Waals surface area contributed by atoms with E-state index in [9.17, 15) is 13.2 Å². The highest BCUT2D eigenvalue weighted by Crippen LogP contribution is 2.25. The highest BCUT2D eigenvalue weighted by Gasteiger charge is 2.19. The number of rotatable bonds is 9. The molecule has 1 aromatic heterocycles. The molecule has 164 valence electrons. The van der Waals surface area contributed by atoms with E-state index in [2.05, 4.69) is 39.2 Å². The van der Waals surface area contributed by atoms with E-state index in [-0.39, 0.29) is 10.6 Å². The zero-order valence-electron chi connectivity index (χ0n) is 17.5. The molecule has 3 aromatic rings. The molecule has 10 heteroatoms. The van der Waals surface area contributed by atoms with Crippen LogP contribution in [0.4, 0.5) is 0 Å². The normalized spacial score (nSPS) is 11.5. The van der Waals surface area contributed by atoms with Crippen LogP contribution in [0.1, 0.15) is 23.9 Å². The molecule has 1 N–H and O–H groups in total. The number of carbonyl (C=O) groups is 1. The fourth-order valence-electron chi connectivity index (χ4n) is 2.72. The Morgan fingerprint density at radius 3 is 2.19 bits per heavy atom. The van der Waals surface area contributed by atoms with Crippen molar-refractivity contribution in [3.63, 3.8) is 0 Å². The number of sulfonamides is 1. The summed E-state index contributed by atoms with van der Waals surface area (Å²) in [6.07, 6.45) is 0. The van der Waals surface area contributed by atoms with E-state index < -0.39 is 15.9 Å². The summed E-state index contributed by atoms with van der Waals surface area (Å²) < 4.78 is 28.8. The van der Waals surface area contributed by atoms with Gasteiger partial charge in [-0.3, -0.25) is 4.79 Å². The van der Waals surface area contributed by atoms with Crippen molar-refractivity contribution in [3.8, 4) is 0 Å². The molecule has 7 nitrogen and oxygen atoms in total. The van der Waals surface area contributed by atoms with Gasteiger partial charge in [-0.1, -0.05) is 47.2 Å². The van der Waals surface area contributed by atoms with Crippen molar-refractivity contribution in [2.45, 2.75) is 48.0 Å². The Kier molecular flexibility index (Phi) is 7.79. The Balaban J connectivity index is 1.59. The first-order valence-electron chi connectivity index (χ1n) is 9.65. The van der Waals surface area contributed by atoms with E-state index in [1.807, 2.05) is 25.3 Å². The van der Waals surface area contributed by atoms with Crippen LogP contribution in [0.3, 0.4) is 0 Å². The zero-order valence-corrected chi connectivity index (χ0v) is 20.0. The minimum absolute atomic E-state index is 0.0589. The van der Waals surface area contributed by atoms with Crippen LogP contribution < -0.4 is 4.72 Å². The van der Waals surface area contributed by atoms with Gasteiger partial charge >= 0.3 is 0 Å². The molecule has 0 saturated carbocycles. The van der Waals surface area contributed by atoms with Crippen molar-refractivity contribution in [2.75, 3.05) is 5.75 Å². The maximum atomic E-state index is 12.4. The molecule has 0 atom stereocenters. The van der Waals surface area contributed by atoms with Gasteiger partial charge < -0.3 is 4.57 Å². The number of hydrogen-bond acceptors (Lipinski definition) is 7. The van der Waals surface area contributed by atoms with Crippen molar-refractivity contribution in [3.05, 3.63) is 65.5 Å². The largest absolute Gasteiger partial charge is 0.306 e. The molecule has 1 heterocycles. The molecule has 0 aliphatic heterocycles. The van der Waals surface area contributed by atoms with Crippen LogP contribution in [-0.2, 0) is 27.1 Å². The van der Waals surface area contributed by atoms with Crippen LogP contribution in [0.2, 0.25) is 0 Å². The lowest BCUT2D eigenvalue weighted by molar-refractivity contribution is -0.116. The lowest BCUT2D eigenvalue weighted by Crippen LogP contribution is -2.32. The Hall–Kier alpha value is -2.30. The van der Waals surface area contributed by atoms with Crippen LogP contribution in [0.15, 0.2) is 63.5 Å². The van der Waals surface area contributed by atoms with Crippen LogP contribution in [0.25, 0.3) is 0 Å². The lowest BCUT2D eigenvalue weighted by atomic mass is 10.2. The summed E-state index contributed by atoms with van der Waals surface area (Å²) in [4.78, 5) is 13.4. The van der Waals surface area contributed by atoms with Crippen molar-refractivity contribution >= 4 is 39.5 Å². The number of benzene rings is 2. The fourth-order valence-corrected chi connectivity index (χ4v) is 5.45. The summed E-state index contributed by atoms with van der Waals surface area (Å²) >= 11 is 2.83. The molecule has 0 unspecified atom stereocenters. The number of amides is 1. The second-order valence-corrected chi connectivity index (χ2v) is 10.5. The van der Waals surface area contributed by atoms with Crippen molar-refractivity contribution < 1.29 is 13.2 Å². The molecule has 0 bridgehead atoms. The topological polar surface area (TPSA) is 93.9 Å².